The molecular weight excluding hydrogens is 1810 g/mol. The second-order valence-corrected chi connectivity index (χ2v) is 38.8. The Bertz CT molecular complexity index is 7240. The summed E-state index contributed by atoms with van der Waals surface area (Å²) in [6.07, 6.45) is 21.2. The summed E-state index contributed by atoms with van der Waals surface area (Å²) in [6.45, 7) is 18.3. The van der Waals surface area contributed by atoms with Crippen LogP contribution in [0.5, 0.6) is 0 Å². The summed E-state index contributed by atoms with van der Waals surface area (Å²) in [4.78, 5) is 97.2. The number of aryl methyl sites for hydroxylation is 6. The van der Waals surface area contributed by atoms with Crippen molar-refractivity contribution in [2.24, 2.45) is 28.2 Å². The lowest BCUT2D eigenvalue weighted by atomic mass is 9.98. The van der Waals surface area contributed by atoms with Gasteiger partial charge in [-0.3, -0.25) is 57.8 Å². The van der Waals surface area contributed by atoms with Gasteiger partial charge in [-0.15, -0.1) is 0 Å². The fraction of sp³-hybridized carbons (Fsp3) is 0.396. The zero-order valence-electron chi connectivity index (χ0n) is 82.0. The molecular formula is C106H112F4N24O8. The third-order valence-corrected chi connectivity index (χ3v) is 29.4. The van der Waals surface area contributed by atoms with Crippen molar-refractivity contribution in [3.05, 3.63) is 215 Å². The van der Waals surface area contributed by atoms with E-state index < -0.39 is 24.2 Å². The highest BCUT2D eigenvalue weighted by molar-refractivity contribution is 6.02. The number of amides is 4. The number of hydrogen-bond donors (Lipinski definition) is 0. The normalized spacial score (nSPS) is 18.8. The van der Waals surface area contributed by atoms with Crippen LogP contribution in [-0.2, 0) is 92.5 Å². The van der Waals surface area contributed by atoms with Gasteiger partial charge in [0, 0.05) is 237 Å². The third-order valence-electron chi connectivity index (χ3n) is 29.4. The second kappa shape index (κ2) is 37.9. The van der Waals surface area contributed by atoms with E-state index in [-0.39, 0.29) is 70.6 Å². The average Bonchev–Trinajstić information content (AvgIpc) is 1.59. The van der Waals surface area contributed by atoms with E-state index in [1.54, 1.807) is 116 Å². The number of imidazole rings is 4. The Morgan fingerprint density at radius 1 is 0.303 bits per heavy atom. The van der Waals surface area contributed by atoms with Crippen LogP contribution in [0, 0.1) is 37.1 Å². The van der Waals surface area contributed by atoms with Crippen molar-refractivity contribution >= 4 is 66.7 Å². The Kier molecular flexibility index (Phi) is 25.1. The van der Waals surface area contributed by atoms with Crippen LogP contribution in [0.3, 0.4) is 0 Å². The molecule has 4 aromatic carbocycles. The van der Waals surface area contributed by atoms with Crippen molar-refractivity contribution in [2.75, 3.05) is 81.0 Å². The second-order valence-electron chi connectivity index (χ2n) is 38.8. The quantitative estimate of drug-likeness (QED) is 0.103. The van der Waals surface area contributed by atoms with Crippen LogP contribution in [-0.4, -0.2) is 222 Å². The predicted octanol–water partition coefficient (Wildman–Crippen LogP) is 16.9. The third kappa shape index (κ3) is 16.9. The molecule has 0 radical (unpaired) electrons. The average molecular weight is 1930 g/mol. The smallest absolute Gasteiger partial charge is 0.245 e. The van der Waals surface area contributed by atoms with E-state index >= 15 is 17.6 Å². The number of carbonyl (C=O) groups is 4. The van der Waals surface area contributed by atoms with Crippen LogP contribution in [0.2, 0.25) is 0 Å². The number of benzene rings is 4. The number of halogens is 4. The zero-order chi connectivity index (χ0) is 98.8. The van der Waals surface area contributed by atoms with Gasteiger partial charge in [-0.1, -0.05) is 24.3 Å². The first-order valence-corrected chi connectivity index (χ1v) is 48.6. The largest absolute Gasteiger partial charge is 0.381 e. The van der Waals surface area contributed by atoms with Crippen LogP contribution in [0.4, 0.5) is 17.6 Å². The molecule has 24 rings (SSSR count). The van der Waals surface area contributed by atoms with Crippen molar-refractivity contribution in [2.45, 2.75) is 167 Å². The first kappa shape index (κ1) is 93.9. The topological polar surface area (TPSA) is 312 Å². The Morgan fingerprint density at radius 2 is 0.542 bits per heavy atom. The molecule has 12 aromatic heterocycles. The zero-order valence-corrected chi connectivity index (χ0v) is 82.0. The van der Waals surface area contributed by atoms with Gasteiger partial charge in [0.1, 0.15) is 82.1 Å². The van der Waals surface area contributed by atoms with Gasteiger partial charge >= 0.3 is 0 Å². The molecule has 16 aromatic rings. The highest BCUT2D eigenvalue weighted by Gasteiger charge is 2.43. The fourth-order valence-electron chi connectivity index (χ4n) is 22.1. The van der Waals surface area contributed by atoms with Gasteiger partial charge in [0.2, 0.25) is 23.6 Å². The Morgan fingerprint density at radius 3 is 0.768 bits per heavy atom. The molecule has 4 atom stereocenters. The molecule has 8 aliphatic heterocycles. The van der Waals surface area contributed by atoms with Crippen LogP contribution >= 0.6 is 0 Å². The lowest BCUT2D eigenvalue weighted by Crippen LogP contribution is -2.40. The Balaban J connectivity index is 0.000000112. The fourth-order valence-corrected chi connectivity index (χ4v) is 22.1. The first-order chi connectivity index (χ1) is 68.5. The molecule has 20 heterocycles. The van der Waals surface area contributed by atoms with Gasteiger partial charge in [-0.25, -0.2) is 37.5 Å². The molecule has 8 aliphatic rings. The minimum Gasteiger partial charge on any atom is -0.381 e. The number of pyridine rings is 4. The Hall–Kier alpha value is -14.4. The molecule has 36 heteroatoms. The molecule has 0 spiro atoms. The lowest BCUT2D eigenvalue weighted by molar-refractivity contribution is -0.136. The van der Waals surface area contributed by atoms with Gasteiger partial charge in [0.15, 0.2) is 0 Å². The van der Waals surface area contributed by atoms with Crippen molar-refractivity contribution < 1.29 is 55.7 Å². The number of carbonyl (C=O) groups excluding carboxylic acids is 4. The van der Waals surface area contributed by atoms with E-state index in [9.17, 15) is 19.2 Å². The van der Waals surface area contributed by atoms with E-state index in [2.05, 4.69) is 30.4 Å². The number of likely N-dealkylation sites (N-methyl/N-ethyl adjacent to an activating group) is 4. The minimum atomic E-state index is -0.394. The predicted molar refractivity (Wildman–Crippen MR) is 526 cm³/mol. The van der Waals surface area contributed by atoms with Crippen molar-refractivity contribution in [3.8, 4) is 90.3 Å². The van der Waals surface area contributed by atoms with Crippen LogP contribution in [0.15, 0.2) is 135 Å². The molecule has 4 saturated heterocycles. The standard InChI is InChI=1S/2C27H29FN6O2.2C26H27FN6O2/c2*1-15-20(13-33(4)31-15)22-11-18-5-6-21(28)24(19(18)12-29-22)25-23-14-32(3)27(35)16(2)34(23)26(30-25)17-7-9-36-10-8-17;2*1-15-26(34)31(2)14-22-24(29-25(33(15)22)16-7-10-35-11-8-16)23-18-13-28-21(20-6-9-32(3)30-20)12-17(18)4-5-19(23)27/h2*5-6,11-13,16-17H,7-10,14H2,1-4H3;2*4-6,9,12-13,15-16H,7-8,10-11,14H2,1-3H3/t2*16-;2*15-/m1010/s1. The lowest BCUT2D eigenvalue weighted by Gasteiger charge is -2.32. The minimum absolute atomic E-state index is 0.0369. The van der Waals surface area contributed by atoms with Crippen molar-refractivity contribution in [3.63, 3.8) is 0 Å². The monoisotopic (exact) mass is 1920 g/mol. The maximum absolute atomic E-state index is 15.6. The van der Waals surface area contributed by atoms with E-state index in [0.717, 1.165) is 176 Å². The van der Waals surface area contributed by atoms with Gasteiger partial charge in [-0.2, -0.15) is 20.4 Å². The van der Waals surface area contributed by atoms with Crippen LogP contribution in [0.25, 0.3) is 133 Å². The van der Waals surface area contributed by atoms with Gasteiger partial charge in [0.05, 0.1) is 106 Å². The van der Waals surface area contributed by atoms with E-state index in [4.69, 9.17) is 48.9 Å². The summed E-state index contributed by atoms with van der Waals surface area (Å²) in [6, 6.07) is 23.1. The molecule has 4 amide bonds. The SMILES string of the molecule is C[C@@H]1C(=O)N(C)Cc2c(-c3c(F)ccc4cc(-c5ccn(C)n5)ncc34)nc(C3CCOCC3)n21.C[C@H]1C(=O)N(C)Cc2c(-c3c(F)ccc4cc(-c5ccn(C)n5)ncc34)nc(C3CCOCC3)n21.Cc1nn(C)cc1-c1cc2ccc(F)c(-c3nc(C4CCOCC4)n4c3CN(C)C(=O)[C@@H]4C)c2cn1.Cc1nn(C)cc1-c1cc2ccc(F)c(-c3nc(C4CCOCC4)n4c3CN(C)C(=O)[C@H]4C)c2cn1. The molecule has 0 saturated carbocycles. The molecule has 0 unspecified atom stereocenters. The summed E-state index contributed by atoms with van der Waals surface area (Å²) in [5.74, 6) is 2.83. The molecule has 0 bridgehead atoms. The van der Waals surface area contributed by atoms with Crippen LogP contribution in [0.1, 0.15) is 184 Å². The molecule has 4 fully saturated rings. The van der Waals surface area contributed by atoms with Crippen molar-refractivity contribution in [1.29, 1.82) is 0 Å². The first-order valence-electron chi connectivity index (χ1n) is 48.6. The highest BCUT2D eigenvalue weighted by Crippen LogP contribution is 2.48. The summed E-state index contributed by atoms with van der Waals surface area (Å²) in [5, 5.41) is 24.0. The molecule has 0 N–H and O–H groups in total. The van der Waals surface area contributed by atoms with Crippen molar-refractivity contribution in [1.82, 2.24) is 117 Å². The Labute approximate surface area is 816 Å². The van der Waals surface area contributed by atoms with E-state index in [1.165, 1.54) is 24.3 Å². The summed E-state index contributed by atoms with van der Waals surface area (Å²) in [7, 11) is 14.6. The van der Waals surface area contributed by atoms with E-state index in [1.807, 2.05) is 149 Å². The number of aromatic nitrogens is 20. The number of nitrogens with zero attached hydrogens (tertiary/aromatic N) is 24. The maximum Gasteiger partial charge on any atom is 0.245 e. The molecule has 0 aliphatic carbocycles. The van der Waals surface area contributed by atoms with Gasteiger partial charge < -0.3 is 56.8 Å². The number of hydrogen-bond acceptors (Lipinski definition) is 20. The van der Waals surface area contributed by atoms with E-state index in [0.29, 0.717) is 146 Å². The summed E-state index contributed by atoms with van der Waals surface area (Å²) >= 11 is 0. The molecule has 32 nitrogen and oxygen atoms in total. The number of ether oxygens (including phenoxy) is 4. The van der Waals surface area contributed by atoms with Crippen LogP contribution < -0.4 is 0 Å². The molecule has 732 valence electrons. The summed E-state index contributed by atoms with van der Waals surface area (Å²) < 4.78 is 99.7. The van der Waals surface area contributed by atoms with Gasteiger partial charge in [-0.05, 0) is 175 Å². The number of rotatable bonds is 12. The number of fused-ring (bicyclic) bond motifs is 8. The summed E-state index contributed by atoms with van der Waals surface area (Å²) in [5.41, 5.74) is 15.8. The highest BCUT2D eigenvalue weighted by atomic mass is 19.1. The van der Waals surface area contributed by atoms with Gasteiger partial charge in [0.25, 0.3) is 0 Å². The molecule has 142 heavy (non-hydrogen) atoms. The maximum atomic E-state index is 15.6.